The van der Waals surface area contributed by atoms with Crippen LogP contribution in [-0.4, -0.2) is 38.6 Å². The van der Waals surface area contributed by atoms with Gasteiger partial charge in [-0.25, -0.2) is 9.67 Å². The molecule has 0 fully saturated rings. The summed E-state index contributed by atoms with van der Waals surface area (Å²) < 4.78 is 1.74. The fourth-order valence-electron chi connectivity index (χ4n) is 3.16. The number of carbonyl (C=O) groups excluding carboxylic acids is 2. The molecule has 0 saturated heterocycles. The summed E-state index contributed by atoms with van der Waals surface area (Å²) in [6, 6.07) is 11.5. The van der Waals surface area contributed by atoms with Gasteiger partial charge >= 0.3 is 0 Å². The maximum atomic E-state index is 12.1. The summed E-state index contributed by atoms with van der Waals surface area (Å²) >= 11 is 0. The molecule has 0 atom stereocenters. The van der Waals surface area contributed by atoms with Crippen LogP contribution in [-0.2, 0) is 17.9 Å². The topological polar surface area (TPSA) is 102 Å². The highest BCUT2D eigenvalue weighted by atomic mass is 16.2. The molecule has 0 bridgehead atoms. The number of aryl methyl sites for hydroxylation is 4. The molecule has 0 aliphatic carbocycles. The molecule has 0 saturated carbocycles. The van der Waals surface area contributed by atoms with Crippen molar-refractivity contribution in [3.8, 4) is 11.3 Å². The molecular weight excluding hydrogens is 380 g/mol. The maximum absolute atomic E-state index is 12.1. The van der Waals surface area contributed by atoms with E-state index in [4.69, 9.17) is 0 Å². The molecule has 30 heavy (non-hydrogen) atoms. The number of rotatable bonds is 7. The Morgan fingerprint density at radius 3 is 2.33 bits per heavy atom. The van der Waals surface area contributed by atoms with Crippen molar-refractivity contribution in [2.24, 2.45) is 0 Å². The summed E-state index contributed by atoms with van der Waals surface area (Å²) in [4.78, 5) is 32.7. The van der Waals surface area contributed by atoms with Gasteiger partial charge in [0.1, 0.15) is 11.6 Å². The minimum atomic E-state index is -0.147. The van der Waals surface area contributed by atoms with Crippen molar-refractivity contribution >= 4 is 11.8 Å². The highest BCUT2D eigenvalue weighted by Crippen LogP contribution is 2.19. The number of aromatic nitrogens is 4. The third-order valence-corrected chi connectivity index (χ3v) is 4.81. The van der Waals surface area contributed by atoms with Gasteiger partial charge < -0.3 is 10.6 Å². The first-order chi connectivity index (χ1) is 14.4. The van der Waals surface area contributed by atoms with E-state index >= 15 is 0 Å². The van der Waals surface area contributed by atoms with Crippen LogP contribution in [0.25, 0.3) is 11.3 Å². The molecule has 2 heterocycles. The van der Waals surface area contributed by atoms with Gasteiger partial charge in [-0.1, -0.05) is 24.3 Å². The monoisotopic (exact) mass is 406 g/mol. The van der Waals surface area contributed by atoms with E-state index in [-0.39, 0.29) is 11.8 Å². The van der Waals surface area contributed by atoms with Gasteiger partial charge in [-0.3, -0.25) is 14.6 Å². The molecule has 3 rings (SSSR count). The summed E-state index contributed by atoms with van der Waals surface area (Å²) in [6.45, 7) is 6.49. The van der Waals surface area contributed by atoms with Crippen LogP contribution in [0.4, 0.5) is 0 Å². The van der Waals surface area contributed by atoms with Gasteiger partial charge in [0.15, 0.2) is 0 Å². The van der Waals surface area contributed by atoms with Gasteiger partial charge in [0.05, 0.1) is 23.5 Å². The van der Waals surface area contributed by atoms with Crippen LogP contribution in [0.15, 0.2) is 36.4 Å². The lowest BCUT2D eigenvalue weighted by atomic mass is 10.1. The van der Waals surface area contributed by atoms with Crippen LogP contribution in [0.2, 0.25) is 0 Å². The smallest absolute Gasteiger partial charge is 0.252 e. The molecule has 0 aliphatic rings. The van der Waals surface area contributed by atoms with Gasteiger partial charge in [-0.2, -0.15) is 5.10 Å². The van der Waals surface area contributed by atoms with Crippen LogP contribution >= 0.6 is 0 Å². The lowest BCUT2D eigenvalue weighted by Gasteiger charge is -2.09. The summed E-state index contributed by atoms with van der Waals surface area (Å²) in [5, 5.41) is 9.80. The molecule has 1 aromatic carbocycles. The van der Waals surface area contributed by atoms with E-state index in [2.05, 4.69) is 25.7 Å². The highest BCUT2D eigenvalue weighted by molar-refractivity contribution is 5.95. The van der Waals surface area contributed by atoms with E-state index in [0.29, 0.717) is 36.6 Å². The molecule has 0 radical (unpaired) electrons. The highest BCUT2D eigenvalue weighted by Gasteiger charge is 2.10. The van der Waals surface area contributed by atoms with E-state index in [1.54, 1.807) is 17.8 Å². The minimum absolute atomic E-state index is 0.0336. The van der Waals surface area contributed by atoms with Crippen molar-refractivity contribution in [1.82, 2.24) is 30.4 Å². The quantitative estimate of drug-likeness (QED) is 0.627. The Labute approximate surface area is 175 Å². The van der Waals surface area contributed by atoms with Crippen molar-refractivity contribution in [2.45, 2.75) is 40.3 Å². The van der Waals surface area contributed by atoms with E-state index < -0.39 is 0 Å². The zero-order chi connectivity index (χ0) is 21.7. The van der Waals surface area contributed by atoms with E-state index in [1.165, 1.54) is 0 Å². The van der Waals surface area contributed by atoms with Crippen molar-refractivity contribution < 1.29 is 9.59 Å². The van der Waals surface area contributed by atoms with Gasteiger partial charge in [-0.05, 0) is 38.5 Å². The number of hydrogen-bond acceptors (Lipinski definition) is 5. The molecule has 3 aromatic rings. The fourth-order valence-corrected chi connectivity index (χ4v) is 3.16. The minimum Gasteiger partial charge on any atom is -0.355 e. The average molecular weight is 406 g/mol. The molecule has 2 N–H and O–H groups in total. The number of carbonyl (C=O) groups is 2. The SMILES string of the molecule is CNC(=O)c1ccc(-c2ccc(CNC(=O)CCn3nc(C)nc3C)cc2)nc1C. The Kier molecular flexibility index (Phi) is 6.56. The van der Waals surface area contributed by atoms with Crippen LogP contribution < -0.4 is 10.6 Å². The molecule has 156 valence electrons. The van der Waals surface area contributed by atoms with Crippen molar-refractivity contribution in [1.29, 1.82) is 0 Å². The fraction of sp³-hybridized carbons (Fsp3) is 0.318. The molecule has 0 aliphatic heterocycles. The van der Waals surface area contributed by atoms with Gasteiger partial charge in [0.2, 0.25) is 5.91 Å². The Morgan fingerprint density at radius 1 is 1.00 bits per heavy atom. The average Bonchev–Trinajstić information content (AvgIpc) is 3.07. The predicted molar refractivity (Wildman–Crippen MR) is 114 cm³/mol. The summed E-state index contributed by atoms with van der Waals surface area (Å²) in [7, 11) is 1.60. The molecular formula is C22H26N6O2. The number of amides is 2. The van der Waals surface area contributed by atoms with Crippen LogP contribution in [0.5, 0.6) is 0 Å². The predicted octanol–water partition coefficient (Wildman–Crippen LogP) is 2.33. The first-order valence-electron chi connectivity index (χ1n) is 9.81. The van der Waals surface area contributed by atoms with Crippen molar-refractivity contribution in [3.63, 3.8) is 0 Å². The second-order valence-corrected chi connectivity index (χ2v) is 7.06. The first kappa shape index (κ1) is 21.2. The molecule has 0 unspecified atom stereocenters. The molecule has 8 nitrogen and oxygen atoms in total. The summed E-state index contributed by atoms with van der Waals surface area (Å²) in [5.74, 6) is 1.34. The normalized spacial score (nSPS) is 10.7. The van der Waals surface area contributed by atoms with Crippen LogP contribution in [0.3, 0.4) is 0 Å². The van der Waals surface area contributed by atoms with Crippen molar-refractivity contribution in [3.05, 3.63) is 64.9 Å². The Morgan fingerprint density at radius 2 is 1.73 bits per heavy atom. The lowest BCUT2D eigenvalue weighted by Crippen LogP contribution is -2.24. The largest absolute Gasteiger partial charge is 0.355 e. The third-order valence-electron chi connectivity index (χ3n) is 4.81. The molecule has 8 heteroatoms. The Balaban J connectivity index is 1.55. The van der Waals surface area contributed by atoms with Crippen molar-refractivity contribution in [2.75, 3.05) is 7.05 Å². The summed E-state index contributed by atoms with van der Waals surface area (Å²) in [6.07, 6.45) is 0.350. The number of benzene rings is 1. The van der Waals surface area contributed by atoms with Crippen LogP contribution in [0, 0.1) is 20.8 Å². The number of hydrogen-bond donors (Lipinski definition) is 2. The van der Waals surface area contributed by atoms with E-state index in [9.17, 15) is 9.59 Å². The summed E-state index contributed by atoms with van der Waals surface area (Å²) in [5.41, 5.74) is 4.00. The standard InChI is InChI=1S/C22H26N6O2/c1-14-19(22(30)23-4)9-10-20(25-14)18-7-5-17(6-8-18)13-24-21(29)11-12-28-16(3)26-15(2)27-28/h5-10H,11-13H2,1-4H3,(H,23,30)(H,24,29). The zero-order valence-electron chi connectivity index (χ0n) is 17.7. The molecule has 2 aromatic heterocycles. The van der Waals surface area contributed by atoms with Gasteiger partial charge in [0, 0.05) is 25.6 Å². The Hall–Kier alpha value is -3.55. The van der Waals surface area contributed by atoms with Gasteiger partial charge in [0.25, 0.3) is 5.91 Å². The van der Waals surface area contributed by atoms with Crippen LogP contribution in [0.1, 0.15) is 39.7 Å². The molecule has 2 amide bonds. The zero-order valence-corrected chi connectivity index (χ0v) is 17.7. The Bertz CT molecular complexity index is 1060. The number of pyridine rings is 1. The lowest BCUT2D eigenvalue weighted by molar-refractivity contribution is -0.121. The van der Waals surface area contributed by atoms with E-state index in [0.717, 1.165) is 22.6 Å². The molecule has 0 spiro atoms. The second-order valence-electron chi connectivity index (χ2n) is 7.06. The van der Waals surface area contributed by atoms with Gasteiger partial charge in [-0.15, -0.1) is 0 Å². The first-order valence-corrected chi connectivity index (χ1v) is 9.81. The number of nitrogens with one attached hydrogen (secondary N) is 2. The number of nitrogens with zero attached hydrogens (tertiary/aromatic N) is 4. The maximum Gasteiger partial charge on any atom is 0.252 e. The third kappa shape index (κ3) is 5.08. The van der Waals surface area contributed by atoms with E-state index in [1.807, 2.05) is 51.1 Å². The second kappa shape index (κ2) is 9.30.